The van der Waals surface area contributed by atoms with Crippen molar-refractivity contribution in [2.24, 2.45) is 0 Å². The molecule has 0 aromatic carbocycles. The molecule has 0 aromatic heterocycles. The normalized spacial score (nSPS) is 2.25. The standard InChI is InChI=1S/C2H.BrH.Zn/c1-2;;/h1H;1H;/q;;+1/p-1. The summed E-state index contributed by atoms with van der Waals surface area (Å²) in [6.07, 6.45) is 4.65. The first-order chi connectivity index (χ1) is 1.41. The summed E-state index contributed by atoms with van der Waals surface area (Å²) in [7, 11) is 0. The summed E-state index contributed by atoms with van der Waals surface area (Å²) in [5.74, 6) is 0. The molecule has 0 aliphatic carbocycles. The Morgan fingerprint density at radius 2 is 1.75 bits per heavy atom. The minimum Gasteiger partial charge on any atom is -1.00 e. The van der Waals surface area contributed by atoms with Crippen LogP contribution in [0.25, 0.3) is 0 Å². The molecule has 0 bridgehead atoms. The van der Waals surface area contributed by atoms with Crippen molar-refractivity contribution in [3.8, 4) is 10.9 Å². The van der Waals surface area contributed by atoms with E-state index in [-0.39, 0.29) is 17.0 Å². The van der Waals surface area contributed by atoms with E-state index >= 15 is 0 Å². The van der Waals surface area contributed by atoms with Gasteiger partial charge < -0.3 is 17.0 Å². The van der Waals surface area contributed by atoms with Crippen LogP contribution < -0.4 is 17.0 Å². The van der Waals surface area contributed by atoms with Crippen molar-refractivity contribution in [3.63, 3.8) is 0 Å². The van der Waals surface area contributed by atoms with E-state index in [1.165, 1.54) is 0 Å². The van der Waals surface area contributed by atoms with Crippen molar-refractivity contribution in [1.29, 1.82) is 0 Å². The smallest absolute Gasteiger partial charge is 1.00 e. The number of rotatable bonds is 0. The maximum Gasteiger partial charge on any atom is -1.00 e. The first-order valence-electron chi connectivity index (χ1n) is 0.642. The maximum atomic E-state index is 4.65. The average Bonchev–Trinajstić information content (AvgIpc) is 0.918. The molecule has 0 unspecified atom stereocenters. The summed E-state index contributed by atoms with van der Waals surface area (Å²) in [6.45, 7) is 0. The topological polar surface area (TPSA) is 0 Å². The van der Waals surface area contributed by atoms with Crippen LogP contribution in [0, 0.1) is 10.9 Å². The Kier molecular flexibility index (Phi) is 20.7. The third-order valence-electron chi connectivity index (χ3n) is 0. The molecule has 0 aliphatic heterocycles. The van der Waals surface area contributed by atoms with Gasteiger partial charge in [0.1, 0.15) is 0 Å². The van der Waals surface area contributed by atoms with Gasteiger partial charge in [0.15, 0.2) is 0 Å². The Morgan fingerprint density at radius 1 is 1.75 bits per heavy atom. The predicted molar refractivity (Wildman–Crippen MR) is 8.83 cm³/mol. The van der Waals surface area contributed by atoms with Crippen LogP contribution in [0.1, 0.15) is 0 Å². The third kappa shape index (κ3) is 16.7. The average molecular weight is 170 g/mol. The van der Waals surface area contributed by atoms with Gasteiger partial charge in [-0.05, 0) is 0 Å². The SMILES string of the molecule is C#[C][Zn+].[Br-]. The molecule has 0 radical (unpaired) electrons. The van der Waals surface area contributed by atoms with E-state index in [0.717, 1.165) is 18.3 Å². The van der Waals surface area contributed by atoms with E-state index in [4.69, 9.17) is 0 Å². The minimum atomic E-state index is 0. The fourth-order valence-corrected chi connectivity index (χ4v) is 0. The van der Waals surface area contributed by atoms with Gasteiger partial charge in [-0.15, -0.1) is 0 Å². The molecule has 0 saturated heterocycles. The zero-order valence-electron chi connectivity index (χ0n) is 2.16. The second-order valence-electron chi connectivity index (χ2n) is 0.204. The van der Waals surface area contributed by atoms with Gasteiger partial charge in [0.2, 0.25) is 0 Å². The number of terminal acetylenes is 1. The van der Waals surface area contributed by atoms with Crippen LogP contribution in [-0.2, 0) is 18.3 Å². The van der Waals surface area contributed by atoms with Crippen molar-refractivity contribution in [2.45, 2.75) is 0 Å². The second kappa shape index (κ2) is 9.39. The first kappa shape index (κ1) is 8.82. The fraction of sp³-hybridized carbons (Fsp3) is 0. The second-order valence-corrected chi connectivity index (χ2v) is 1.06. The van der Waals surface area contributed by atoms with Crippen LogP contribution in [0.4, 0.5) is 0 Å². The molecule has 0 spiro atoms. The molecule has 18 valence electrons. The van der Waals surface area contributed by atoms with Crippen molar-refractivity contribution in [1.82, 2.24) is 0 Å². The zero-order valence-corrected chi connectivity index (χ0v) is 6.72. The van der Waals surface area contributed by atoms with E-state index in [1.807, 2.05) is 0 Å². The molecule has 0 rings (SSSR count). The molecule has 2 heteroatoms. The van der Waals surface area contributed by atoms with Crippen LogP contribution in [0.5, 0.6) is 0 Å². The van der Waals surface area contributed by atoms with E-state index in [2.05, 4.69) is 10.9 Å². The van der Waals surface area contributed by atoms with Gasteiger partial charge in [0.05, 0.1) is 0 Å². The monoisotopic (exact) mass is 168 g/mol. The zero-order chi connectivity index (χ0) is 2.71. The van der Waals surface area contributed by atoms with Crippen LogP contribution in [0.2, 0.25) is 0 Å². The van der Waals surface area contributed by atoms with Crippen LogP contribution >= 0.6 is 0 Å². The van der Waals surface area contributed by atoms with Gasteiger partial charge >= 0.3 is 29.2 Å². The first-order valence-corrected chi connectivity index (χ1v) is 2.13. The van der Waals surface area contributed by atoms with Crippen LogP contribution in [-0.4, -0.2) is 0 Å². The summed E-state index contributed by atoms with van der Waals surface area (Å²) in [6, 6.07) is 0. The van der Waals surface area contributed by atoms with Crippen LogP contribution in [0.3, 0.4) is 0 Å². The van der Waals surface area contributed by atoms with E-state index in [0.29, 0.717) is 0 Å². The van der Waals surface area contributed by atoms with Gasteiger partial charge in [-0.3, -0.25) is 0 Å². The van der Waals surface area contributed by atoms with Crippen LogP contribution in [0.15, 0.2) is 0 Å². The summed E-state index contributed by atoms with van der Waals surface area (Å²) in [5.41, 5.74) is 0. The molecule has 0 aromatic rings. The van der Waals surface area contributed by atoms with Gasteiger partial charge in [-0.1, -0.05) is 0 Å². The Labute approximate surface area is 46.4 Å². The van der Waals surface area contributed by atoms with Gasteiger partial charge in [0.25, 0.3) is 0 Å². The Morgan fingerprint density at radius 3 is 1.75 bits per heavy atom. The summed E-state index contributed by atoms with van der Waals surface area (Å²) < 4.78 is 2.38. The maximum absolute atomic E-state index is 4.65. The Bertz CT molecular complexity index is 27.5. The molecule has 0 N–H and O–H groups in total. The fourth-order valence-electron chi connectivity index (χ4n) is 0. The largest absolute Gasteiger partial charge is 1.00 e. The number of hydrogen-bond donors (Lipinski definition) is 0. The Hall–Kier alpha value is 0.663. The molecule has 0 aliphatic rings. The van der Waals surface area contributed by atoms with Crippen molar-refractivity contribution in [3.05, 3.63) is 0 Å². The molecular formula is C2HBrZn. The van der Waals surface area contributed by atoms with Gasteiger partial charge in [0, 0.05) is 0 Å². The van der Waals surface area contributed by atoms with E-state index < -0.39 is 0 Å². The van der Waals surface area contributed by atoms with Crippen molar-refractivity contribution < 1.29 is 35.3 Å². The molecule has 0 amide bonds. The Balaban J connectivity index is 0. The molecule has 0 heterocycles. The summed E-state index contributed by atoms with van der Waals surface area (Å²) in [4.78, 5) is 0. The van der Waals surface area contributed by atoms with E-state index in [1.54, 1.807) is 0 Å². The number of halogens is 1. The van der Waals surface area contributed by atoms with Crippen molar-refractivity contribution >= 4 is 0 Å². The molecule has 4 heavy (non-hydrogen) atoms. The molecule has 0 nitrogen and oxygen atoms in total. The molecular weight excluding hydrogens is 169 g/mol. The summed E-state index contributed by atoms with van der Waals surface area (Å²) >= 11 is 0.972. The molecule has 0 fully saturated rings. The van der Waals surface area contributed by atoms with E-state index in [9.17, 15) is 0 Å². The van der Waals surface area contributed by atoms with Gasteiger partial charge in [-0.2, -0.15) is 0 Å². The minimum absolute atomic E-state index is 0. The quantitative estimate of drug-likeness (QED) is 0.271. The summed E-state index contributed by atoms with van der Waals surface area (Å²) in [5, 5.41) is 0. The molecule has 0 atom stereocenters. The number of hydrogen-bond acceptors (Lipinski definition) is 0. The molecule has 0 saturated carbocycles. The van der Waals surface area contributed by atoms with Gasteiger partial charge in [-0.25, -0.2) is 0 Å². The third-order valence-corrected chi connectivity index (χ3v) is 0. The predicted octanol–water partition coefficient (Wildman–Crippen LogP) is -2.87. The van der Waals surface area contributed by atoms with Crippen molar-refractivity contribution in [2.75, 3.05) is 0 Å².